The number of rotatable bonds is 3. The number of nitrogens with zero attached hydrogens (tertiary/aromatic N) is 2. The van der Waals surface area contributed by atoms with E-state index in [1.807, 2.05) is 0 Å². The van der Waals surface area contributed by atoms with Crippen molar-refractivity contribution in [1.29, 1.82) is 0 Å². The first-order valence-corrected chi connectivity index (χ1v) is 6.38. The number of amides is 1. The van der Waals surface area contributed by atoms with Gasteiger partial charge in [-0.25, -0.2) is 0 Å². The summed E-state index contributed by atoms with van der Waals surface area (Å²) in [6.07, 6.45) is 3.74. The molecule has 0 saturated carbocycles. The van der Waals surface area contributed by atoms with Crippen LogP contribution in [-0.2, 0) is 4.79 Å². The van der Waals surface area contributed by atoms with Gasteiger partial charge in [-0.3, -0.25) is 4.79 Å². The molecule has 0 aromatic rings. The molecule has 96 valence electrons. The molecule has 0 spiro atoms. The van der Waals surface area contributed by atoms with Crippen LogP contribution in [0.5, 0.6) is 0 Å². The Morgan fingerprint density at radius 3 is 2.59 bits per heavy atom. The normalized spacial score (nSPS) is 25.4. The van der Waals surface area contributed by atoms with E-state index in [1.54, 1.807) is 4.90 Å². The van der Waals surface area contributed by atoms with E-state index >= 15 is 0 Å². The molecular weight excluding hydrogens is 216 g/mol. The molecule has 2 heterocycles. The lowest BCUT2D eigenvalue weighted by Crippen LogP contribution is -2.67. The van der Waals surface area contributed by atoms with Crippen LogP contribution < -0.4 is 0 Å². The van der Waals surface area contributed by atoms with Crippen LogP contribution in [-0.4, -0.2) is 59.1 Å². The van der Waals surface area contributed by atoms with Gasteiger partial charge < -0.3 is 14.9 Å². The highest BCUT2D eigenvalue weighted by molar-refractivity contribution is 5.87. The first-order valence-electron chi connectivity index (χ1n) is 6.38. The molecule has 0 aromatic carbocycles. The van der Waals surface area contributed by atoms with Crippen LogP contribution in [0.4, 0.5) is 0 Å². The monoisotopic (exact) mass is 238 g/mol. The molecule has 2 aliphatic heterocycles. The predicted molar refractivity (Wildman–Crippen MR) is 66.6 cm³/mol. The lowest BCUT2D eigenvalue weighted by atomic mass is 9.91. The van der Waals surface area contributed by atoms with Crippen molar-refractivity contribution in [2.75, 3.05) is 32.7 Å². The summed E-state index contributed by atoms with van der Waals surface area (Å²) in [6.45, 7) is 9.46. The zero-order valence-corrected chi connectivity index (χ0v) is 10.6. The summed E-state index contributed by atoms with van der Waals surface area (Å²) in [4.78, 5) is 15.3. The van der Waals surface area contributed by atoms with Crippen LogP contribution >= 0.6 is 0 Å². The fraction of sp³-hybridized carbons (Fsp3) is 0.769. The minimum absolute atomic E-state index is 0.0815. The Labute approximate surface area is 103 Å². The van der Waals surface area contributed by atoms with Crippen LogP contribution in [0.2, 0.25) is 0 Å². The molecule has 17 heavy (non-hydrogen) atoms. The molecule has 1 amide bonds. The second-order valence-electron chi connectivity index (χ2n) is 5.58. The largest absolute Gasteiger partial charge is 0.385 e. The van der Waals surface area contributed by atoms with Crippen molar-refractivity contribution in [3.05, 3.63) is 12.7 Å². The van der Waals surface area contributed by atoms with Crippen LogP contribution in [0, 0.1) is 5.92 Å². The molecule has 0 aliphatic carbocycles. The molecule has 0 unspecified atom stereocenters. The van der Waals surface area contributed by atoms with Crippen LogP contribution in [0.15, 0.2) is 12.7 Å². The Kier molecular flexibility index (Phi) is 3.54. The van der Waals surface area contributed by atoms with E-state index in [2.05, 4.69) is 18.4 Å². The van der Waals surface area contributed by atoms with Gasteiger partial charge in [0.25, 0.3) is 0 Å². The predicted octanol–water partition coefficient (Wildman–Crippen LogP) is 0.478. The van der Waals surface area contributed by atoms with Gasteiger partial charge in [0, 0.05) is 6.54 Å². The average molecular weight is 238 g/mol. The van der Waals surface area contributed by atoms with Gasteiger partial charge in [-0.15, -0.1) is 0 Å². The number of β-amino-alcohol motifs (C(OH)–C–C–N with tert-alkyl or cyclic N) is 1. The molecular formula is C13H22N2O2. The summed E-state index contributed by atoms with van der Waals surface area (Å²) in [5.74, 6) is 0.725. The van der Waals surface area contributed by atoms with Crippen molar-refractivity contribution < 1.29 is 9.90 Å². The molecule has 2 saturated heterocycles. The van der Waals surface area contributed by atoms with Gasteiger partial charge in [-0.05, 0) is 37.9 Å². The highest BCUT2D eigenvalue weighted by Gasteiger charge is 2.44. The van der Waals surface area contributed by atoms with E-state index in [0.29, 0.717) is 19.6 Å². The maximum Gasteiger partial charge on any atom is 0.246 e. The van der Waals surface area contributed by atoms with Crippen molar-refractivity contribution in [3.8, 4) is 0 Å². The SMILES string of the molecule is C=CC(=O)N1CC(O)(CN2CCC(C)CC2)C1. The highest BCUT2D eigenvalue weighted by Crippen LogP contribution is 2.25. The third kappa shape index (κ3) is 2.87. The average Bonchev–Trinajstić information content (AvgIpc) is 2.28. The molecule has 4 heteroatoms. The van der Waals surface area contributed by atoms with Crippen molar-refractivity contribution in [3.63, 3.8) is 0 Å². The molecule has 2 rings (SSSR count). The van der Waals surface area contributed by atoms with Crippen molar-refractivity contribution in [1.82, 2.24) is 9.80 Å². The lowest BCUT2D eigenvalue weighted by Gasteiger charge is -2.48. The van der Waals surface area contributed by atoms with Crippen LogP contribution in [0.1, 0.15) is 19.8 Å². The number of piperidine rings is 1. The molecule has 0 radical (unpaired) electrons. The first kappa shape index (κ1) is 12.6. The maximum absolute atomic E-state index is 11.3. The molecule has 2 aliphatic rings. The van der Waals surface area contributed by atoms with Crippen molar-refractivity contribution in [2.45, 2.75) is 25.4 Å². The van der Waals surface area contributed by atoms with E-state index in [1.165, 1.54) is 18.9 Å². The zero-order valence-electron chi connectivity index (χ0n) is 10.6. The topological polar surface area (TPSA) is 43.8 Å². The Balaban J connectivity index is 1.77. The van der Waals surface area contributed by atoms with Crippen LogP contribution in [0.3, 0.4) is 0 Å². The minimum Gasteiger partial charge on any atom is -0.385 e. The second kappa shape index (κ2) is 4.78. The van der Waals surface area contributed by atoms with E-state index in [-0.39, 0.29) is 5.91 Å². The van der Waals surface area contributed by atoms with Crippen molar-refractivity contribution >= 4 is 5.91 Å². The van der Waals surface area contributed by atoms with E-state index in [0.717, 1.165) is 19.0 Å². The van der Waals surface area contributed by atoms with Gasteiger partial charge in [-0.2, -0.15) is 0 Å². The summed E-state index contributed by atoms with van der Waals surface area (Å²) in [5.41, 5.74) is -0.695. The van der Waals surface area contributed by atoms with Crippen molar-refractivity contribution in [2.24, 2.45) is 5.92 Å². The van der Waals surface area contributed by atoms with Gasteiger partial charge in [0.1, 0.15) is 5.60 Å². The summed E-state index contributed by atoms with van der Waals surface area (Å²) < 4.78 is 0. The fourth-order valence-corrected chi connectivity index (χ4v) is 2.69. The third-order valence-corrected chi connectivity index (χ3v) is 3.85. The number of carbonyl (C=O) groups excluding carboxylic acids is 1. The zero-order chi connectivity index (χ0) is 12.5. The molecule has 0 bridgehead atoms. The standard InChI is InChI=1S/C13H22N2O2/c1-3-12(16)15-9-13(17,10-15)8-14-6-4-11(2)5-7-14/h3,11,17H,1,4-10H2,2H3. The van der Waals surface area contributed by atoms with Gasteiger partial charge in [-0.1, -0.05) is 13.5 Å². The van der Waals surface area contributed by atoms with E-state index in [9.17, 15) is 9.90 Å². The van der Waals surface area contributed by atoms with Gasteiger partial charge in [0.05, 0.1) is 13.1 Å². The quantitative estimate of drug-likeness (QED) is 0.727. The number of aliphatic hydroxyl groups is 1. The fourth-order valence-electron chi connectivity index (χ4n) is 2.69. The Bertz CT molecular complexity index is 303. The molecule has 0 atom stereocenters. The highest BCUT2D eigenvalue weighted by atomic mass is 16.3. The van der Waals surface area contributed by atoms with Gasteiger partial charge in [0.15, 0.2) is 0 Å². The second-order valence-corrected chi connectivity index (χ2v) is 5.58. The summed E-state index contributed by atoms with van der Waals surface area (Å²) >= 11 is 0. The van der Waals surface area contributed by atoms with E-state index in [4.69, 9.17) is 0 Å². The first-order chi connectivity index (χ1) is 8.02. The Morgan fingerprint density at radius 1 is 1.47 bits per heavy atom. The summed E-state index contributed by atoms with van der Waals surface area (Å²) in [5, 5.41) is 10.3. The van der Waals surface area contributed by atoms with Gasteiger partial charge >= 0.3 is 0 Å². The number of hydrogen-bond donors (Lipinski definition) is 1. The van der Waals surface area contributed by atoms with E-state index < -0.39 is 5.60 Å². The summed E-state index contributed by atoms with van der Waals surface area (Å²) in [6, 6.07) is 0. The number of hydrogen-bond acceptors (Lipinski definition) is 3. The lowest BCUT2D eigenvalue weighted by molar-refractivity contribution is -0.154. The molecule has 0 aromatic heterocycles. The molecule has 2 fully saturated rings. The molecule has 4 nitrogen and oxygen atoms in total. The maximum atomic E-state index is 11.3. The van der Waals surface area contributed by atoms with Gasteiger partial charge in [0.2, 0.25) is 5.91 Å². The van der Waals surface area contributed by atoms with Crippen LogP contribution in [0.25, 0.3) is 0 Å². The number of likely N-dealkylation sites (tertiary alicyclic amines) is 2. The Hall–Kier alpha value is -0.870. The molecule has 1 N–H and O–H groups in total. The smallest absolute Gasteiger partial charge is 0.246 e. The Morgan fingerprint density at radius 2 is 2.06 bits per heavy atom. The summed E-state index contributed by atoms with van der Waals surface area (Å²) in [7, 11) is 0. The number of carbonyl (C=O) groups is 1. The minimum atomic E-state index is -0.695. The third-order valence-electron chi connectivity index (χ3n) is 3.85.